The molecule has 0 bridgehead atoms. The number of hydrogen-bond acceptors (Lipinski definition) is 7. The van der Waals surface area contributed by atoms with Crippen LogP contribution in [0.5, 0.6) is 5.75 Å². The van der Waals surface area contributed by atoms with Crippen molar-refractivity contribution in [3.05, 3.63) is 34.4 Å². The molecule has 7 nitrogen and oxygen atoms in total. The quantitative estimate of drug-likeness (QED) is 0.702. The number of halogens is 1. The van der Waals surface area contributed by atoms with Crippen LogP contribution in [-0.4, -0.2) is 41.4 Å². The van der Waals surface area contributed by atoms with Crippen molar-refractivity contribution in [3.63, 3.8) is 0 Å². The Morgan fingerprint density at radius 2 is 1.93 bits per heavy atom. The molecule has 8 heteroatoms. The molecule has 1 saturated carbocycles. The maximum Gasteiger partial charge on any atom is 0.247 e. The molecule has 3 N–H and O–H groups in total. The van der Waals surface area contributed by atoms with E-state index in [1.165, 1.54) is 24.8 Å². The van der Waals surface area contributed by atoms with E-state index < -0.39 is 0 Å². The van der Waals surface area contributed by atoms with Crippen LogP contribution >= 0.6 is 15.9 Å². The number of nitrogen functional groups attached to an aromatic ring is 1. The van der Waals surface area contributed by atoms with Crippen molar-refractivity contribution < 1.29 is 4.74 Å². The third-order valence-corrected chi connectivity index (χ3v) is 7.24. The van der Waals surface area contributed by atoms with Gasteiger partial charge in [0.15, 0.2) is 10.4 Å². The smallest absolute Gasteiger partial charge is 0.247 e. The van der Waals surface area contributed by atoms with Crippen LogP contribution in [0.15, 0.2) is 28.9 Å². The normalized spacial score (nSPS) is 22.0. The second-order valence-electron chi connectivity index (χ2n) is 8.24. The predicted octanol–water partition coefficient (Wildman–Crippen LogP) is 3.71. The van der Waals surface area contributed by atoms with Crippen LogP contribution in [-0.2, 0) is 0 Å². The summed E-state index contributed by atoms with van der Waals surface area (Å²) in [5, 5.41) is 12.2. The van der Waals surface area contributed by atoms with Gasteiger partial charge in [0.2, 0.25) is 5.95 Å². The van der Waals surface area contributed by atoms with E-state index >= 15 is 0 Å². The molecule has 2 fully saturated rings. The van der Waals surface area contributed by atoms with Crippen LogP contribution in [0.2, 0.25) is 0 Å². The van der Waals surface area contributed by atoms with Gasteiger partial charge in [-0.2, -0.15) is 4.98 Å². The zero-order valence-electron chi connectivity index (χ0n) is 17.1. The molecule has 2 aliphatic rings. The van der Waals surface area contributed by atoms with E-state index in [-0.39, 0.29) is 0 Å². The lowest BCUT2D eigenvalue weighted by molar-refractivity contribution is 0.163. The van der Waals surface area contributed by atoms with Crippen LogP contribution in [0.1, 0.15) is 50.6 Å². The number of hydrogen-bond donors (Lipinski definition) is 2. The van der Waals surface area contributed by atoms with Crippen LogP contribution in [0.4, 0.5) is 11.8 Å². The number of piperidine rings is 1. The van der Waals surface area contributed by atoms with Gasteiger partial charge in [0.1, 0.15) is 5.75 Å². The van der Waals surface area contributed by atoms with Crippen LogP contribution in [0, 0.1) is 5.41 Å². The number of nitrogens with zero attached hydrogens (tertiary/aromatic N) is 4. The second kappa shape index (κ2) is 8.44. The summed E-state index contributed by atoms with van der Waals surface area (Å²) in [6, 6.07) is 9.24. The standard InChI is InChI=1S/C21H29BrN6O/c1-14(15-5-7-16(29-2)8-6-15)24-17-4-3-9-21(17)10-12-28(13-11-21)20-25-19(23)18(22)26-27-20/h5-8,14,17,24H,3-4,9-13H2,1-2H3,(H2,23,25,27)/t14?,17-/m1/s1. The largest absolute Gasteiger partial charge is 0.497 e. The molecule has 0 amide bonds. The lowest BCUT2D eigenvalue weighted by Gasteiger charge is -2.44. The minimum atomic E-state index is 0.317. The van der Waals surface area contributed by atoms with Gasteiger partial charge in [-0.25, -0.2) is 0 Å². The molecule has 156 valence electrons. The van der Waals surface area contributed by atoms with Gasteiger partial charge < -0.3 is 20.7 Å². The Kier molecular flexibility index (Phi) is 5.92. The maximum absolute atomic E-state index is 5.89. The zero-order chi connectivity index (χ0) is 20.4. The zero-order valence-corrected chi connectivity index (χ0v) is 18.7. The fraction of sp³-hybridized carbons (Fsp3) is 0.571. The Morgan fingerprint density at radius 1 is 1.21 bits per heavy atom. The van der Waals surface area contributed by atoms with Gasteiger partial charge in [0.25, 0.3) is 0 Å². The molecule has 2 aromatic rings. The highest BCUT2D eigenvalue weighted by atomic mass is 79.9. The van der Waals surface area contributed by atoms with Crippen molar-refractivity contribution in [1.29, 1.82) is 0 Å². The average Bonchev–Trinajstić information content (AvgIpc) is 3.12. The van der Waals surface area contributed by atoms with E-state index in [0.29, 0.717) is 33.9 Å². The van der Waals surface area contributed by atoms with Gasteiger partial charge in [0.05, 0.1) is 7.11 Å². The van der Waals surface area contributed by atoms with Gasteiger partial charge >= 0.3 is 0 Å². The Bertz CT molecular complexity index is 838. The third kappa shape index (κ3) is 4.19. The maximum atomic E-state index is 5.89. The highest BCUT2D eigenvalue weighted by Gasteiger charge is 2.45. The molecule has 0 radical (unpaired) electrons. The number of anilines is 2. The number of ether oxygens (including phenoxy) is 1. The summed E-state index contributed by atoms with van der Waals surface area (Å²) in [4.78, 5) is 6.60. The van der Waals surface area contributed by atoms with Crippen LogP contribution in [0.3, 0.4) is 0 Å². The van der Waals surface area contributed by atoms with Crippen molar-refractivity contribution in [3.8, 4) is 5.75 Å². The second-order valence-corrected chi connectivity index (χ2v) is 8.99. The molecule has 2 heterocycles. The lowest BCUT2D eigenvalue weighted by atomic mass is 9.73. The minimum absolute atomic E-state index is 0.317. The van der Waals surface area contributed by atoms with E-state index in [2.05, 4.69) is 60.4 Å². The van der Waals surface area contributed by atoms with E-state index in [9.17, 15) is 0 Å². The summed E-state index contributed by atoms with van der Waals surface area (Å²) in [5.41, 5.74) is 7.54. The van der Waals surface area contributed by atoms with Gasteiger partial charge in [0, 0.05) is 25.2 Å². The molecule has 1 unspecified atom stereocenters. The molecule has 29 heavy (non-hydrogen) atoms. The summed E-state index contributed by atoms with van der Waals surface area (Å²) < 4.78 is 5.78. The van der Waals surface area contributed by atoms with Gasteiger partial charge in [-0.1, -0.05) is 18.6 Å². The Labute approximate surface area is 180 Å². The molecule has 1 aliphatic heterocycles. The molecule has 1 aliphatic carbocycles. The van der Waals surface area contributed by atoms with Crippen LogP contribution in [0.25, 0.3) is 0 Å². The number of rotatable bonds is 5. The molecule has 1 aromatic carbocycles. The third-order valence-electron chi connectivity index (χ3n) is 6.67. The van der Waals surface area contributed by atoms with Crippen molar-refractivity contribution in [2.45, 2.75) is 51.1 Å². The van der Waals surface area contributed by atoms with Gasteiger partial charge in [-0.05, 0) is 71.6 Å². The summed E-state index contributed by atoms with van der Waals surface area (Å²) in [7, 11) is 1.70. The van der Waals surface area contributed by atoms with Crippen LogP contribution < -0.4 is 20.7 Å². The fourth-order valence-electron chi connectivity index (χ4n) is 4.89. The summed E-state index contributed by atoms with van der Waals surface area (Å²) in [6.07, 6.45) is 6.09. The van der Waals surface area contributed by atoms with Crippen molar-refractivity contribution >= 4 is 27.7 Å². The first-order valence-electron chi connectivity index (χ1n) is 10.3. The first-order valence-corrected chi connectivity index (χ1v) is 11.1. The predicted molar refractivity (Wildman–Crippen MR) is 118 cm³/mol. The summed E-state index contributed by atoms with van der Waals surface area (Å²) >= 11 is 3.27. The number of benzene rings is 1. The molecule has 1 spiro atoms. The fourth-order valence-corrected chi connectivity index (χ4v) is 5.06. The average molecular weight is 461 g/mol. The Hall–Kier alpha value is -1.93. The topological polar surface area (TPSA) is 89.2 Å². The monoisotopic (exact) mass is 460 g/mol. The SMILES string of the molecule is COc1ccc(C(C)N[C@@H]2CCCC23CCN(c2nnc(Br)c(N)n2)CC3)cc1. The molecular weight excluding hydrogens is 432 g/mol. The number of nitrogens with two attached hydrogens (primary N) is 1. The first-order chi connectivity index (χ1) is 14.0. The minimum Gasteiger partial charge on any atom is -0.497 e. The van der Waals surface area contributed by atoms with E-state index in [4.69, 9.17) is 10.5 Å². The Balaban J connectivity index is 1.40. The van der Waals surface area contributed by atoms with Crippen molar-refractivity contribution in [2.24, 2.45) is 5.41 Å². The van der Waals surface area contributed by atoms with Crippen molar-refractivity contribution in [1.82, 2.24) is 20.5 Å². The summed E-state index contributed by atoms with van der Waals surface area (Å²) in [6.45, 7) is 4.14. The molecule has 1 aromatic heterocycles. The highest BCUT2D eigenvalue weighted by Crippen LogP contribution is 2.47. The Morgan fingerprint density at radius 3 is 2.59 bits per heavy atom. The molecule has 1 saturated heterocycles. The molecular formula is C21H29BrN6O. The van der Waals surface area contributed by atoms with Gasteiger partial charge in [-0.15, -0.1) is 10.2 Å². The number of nitrogens with one attached hydrogen (secondary N) is 1. The molecule has 2 atom stereocenters. The number of methoxy groups -OCH3 is 1. The lowest BCUT2D eigenvalue weighted by Crippen LogP contribution is -2.49. The molecule has 4 rings (SSSR count). The van der Waals surface area contributed by atoms with E-state index in [1.807, 2.05) is 12.1 Å². The number of aromatic nitrogens is 3. The highest BCUT2D eigenvalue weighted by molar-refractivity contribution is 9.10. The summed E-state index contributed by atoms with van der Waals surface area (Å²) in [5.74, 6) is 1.93. The first kappa shape index (κ1) is 20.3. The van der Waals surface area contributed by atoms with Gasteiger partial charge in [-0.3, -0.25) is 0 Å². The van der Waals surface area contributed by atoms with Crippen molar-refractivity contribution in [2.75, 3.05) is 30.8 Å². The van der Waals surface area contributed by atoms with E-state index in [1.54, 1.807) is 7.11 Å². The van der Waals surface area contributed by atoms with E-state index in [0.717, 1.165) is 31.7 Å².